The Bertz CT molecular complexity index is 827. The van der Waals surface area contributed by atoms with Crippen LogP contribution in [0.15, 0.2) is 41.3 Å². The van der Waals surface area contributed by atoms with Gasteiger partial charge in [0.05, 0.1) is 4.90 Å². The molecule has 1 saturated carbocycles. The average Bonchev–Trinajstić information content (AvgIpc) is 3.25. The topological polar surface area (TPSA) is 69.7 Å². The Labute approximate surface area is 161 Å². The number of allylic oxidation sites excluding steroid dienone is 2. The summed E-state index contributed by atoms with van der Waals surface area (Å²) in [6, 6.07) is 6.39. The molecule has 2 aliphatic carbocycles. The van der Waals surface area contributed by atoms with Crippen LogP contribution in [0.3, 0.4) is 0 Å². The number of rotatable bonds is 5. The maximum absolute atomic E-state index is 12.9. The first-order valence-electron chi connectivity index (χ1n) is 9.70. The molecule has 27 heavy (non-hydrogen) atoms. The van der Waals surface area contributed by atoms with Gasteiger partial charge in [-0.25, -0.2) is 8.42 Å². The van der Waals surface area contributed by atoms with Crippen molar-refractivity contribution in [2.75, 3.05) is 38.0 Å². The van der Waals surface area contributed by atoms with Gasteiger partial charge in [0, 0.05) is 45.3 Å². The smallest absolute Gasteiger partial charge is 0.243 e. The highest BCUT2D eigenvalue weighted by atomic mass is 32.2. The molecule has 0 aromatic heterocycles. The number of benzene rings is 1. The number of amides is 1. The van der Waals surface area contributed by atoms with Crippen LogP contribution in [0.4, 0.5) is 5.69 Å². The van der Waals surface area contributed by atoms with Gasteiger partial charge in [0.1, 0.15) is 0 Å². The summed E-state index contributed by atoms with van der Waals surface area (Å²) in [4.78, 5) is 13.8. The van der Waals surface area contributed by atoms with Gasteiger partial charge in [-0.2, -0.15) is 4.31 Å². The normalized spacial score (nSPS) is 28.6. The third kappa shape index (κ3) is 3.95. The van der Waals surface area contributed by atoms with Crippen LogP contribution in [0.1, 0.15) is 19.8 Å². The Kier molecular flexibility index (Phi) is 5.09. The second kappa shape index (κ2) is 7.37. The Morgan fingerprint density at radius 3 is 2.33 bits per heavy atom. The van der Waals surface area contributed by atoms with Crippen LogP contribution in [0, 0.1) is 17.8 Å². The molecule has 2 bridgehead atoms. The second-order valence-corrected chi connectivity index (χ2v) is 9.89. The minimum Gasteiger partial charge on any atom is -0.326 e. The van der Waals surface area contributed by atoms with Gasteiger partial charge >= 0.3 is 0 Å². The number of anilines is 1. The minimum atomic E-state index is -3.48. The van der Waals surface area contributed by atoms with Crippen LogP contribution in [-0.4, -0.2) is 56.3 Å². The molecule has 0 spiro atoms. The molecule has 1 amide bonds. The zero-order chi connectivity index (χ0) is 19.0. The molecule has 1 aliphatic heterocycles. The van der Waals surface area contributed by atoms with E-state index in [4.69, 9.17) is 0 Å². The van der Waals surface area contributed by atoms with Crippen molar-refractivity contribution >= 4 is 21.6 Å². The van der Waals surface area contributed by atoms with Crippen molar-refractivity contribution in [3.63, 3.8) is 0 Å². The maximum atomic E-state index is 12.9. The molecular weight excluding hydrogens is 362 g/mol. The monoisotopic (exact) mass is 389 g/mol. The fourth-order valence-electron chi connectivity index (χ4n) is 4.65. The molecule has 7 heteroatoms. The number of hydrogen-bond donors (Lipinski definition) is 1. The summed E-state index contributed by atoms with van der Waals surface area (Å²) in [5, 5.41) is 2.66. The van der Waals surface area contributed by atoms with E-state index in [1.54, 1.807) is 28.6 Å². The van der Waals surface area contributed by atoms with E-state index in [0.29, 0.717) is 18.8 Å². The van der Waals surface area contributed by atoms with E-state index in [-0.39, 0.29) is 10.8 Å². The summed E-state index contributed by atoms with van der Waals surface area (Å²) < 4.78 is 27.4. The van der Waals surface area contributed by atoms with Gasteiger partial charge in [0.15, 0.2) is 0 Å². The van der Waals surface area contributed by atoms with Crippen molar-refractivity contribution in [3.05, 3.63) is 36.4 Å². The Morgan fingerprint density at radius 2 is 1.78 bits per heavy atom. The summed E-state index contributed by atoms with van der Waals surface area (Å²) >= 11 is 0. The summed E-state index contributed by atoms with van der Waals surface area (Å²) in [6.07, 6.45) is 7.35. The van der Waals surface area contributed by atoms with Crippen LogP contribution < -0.4 is 5.32 Å². The van der Waals surface area contributed by atoms with Gasteiger partial charge in [-0.05, 0) is 54.9 Å². The lowest BCUT2D eigenvalue weighted by Gasteiger charge is -2.36. The van der Waals surface area contributed by atoms with E-state index < -0.39 is 10.0 Å². The molecule has 3 atom stereocenters. The molecule has 2 fully saturated rings. The molecule has 146 valence electrons. The number of hydrogen-bond acceptors (Lipinski definition) is 4. The molecule has 1 heterocycles. The lowest BCUT2D eigenvalue weighted by atomic mass is 9.93. The number of piperazine rings is 1. The quantitative estimate of drug-likeness (QED) is 0.784. The molecule has 1 aromatic carbocycles. The standard InChI is InChI=1S/C20H27N3O3S/c1-15(24)21-19-4-6-20(7-5-19)27(25,26)23-10-8-22(9-11-23)14-18-13-16-2-3-17(18)12-16/h2-7,16-18H,8-14H2,1H3,(H,21,24)/t16-,17-,18+/m1/s1. The zero-order valence-electron chi connectivity index (χ0n) is 15.7. The molecule has 3 aliphatic rings. The summed E-state index contributed by atoms with van der Waals surface area (Å²) in [5.41, 5.74) is 0.603. The van der Waals surface area contributed by atoms with Crippen LogP contribution >= 0.6 is 0 Å². The Balaban J connectivity index is 1.34. The van der Waals surface area contributed by atoms with Crippen molar-refractivity contribution < 1.29 is 13.2 Å². The largest absolute Gasteiger partial charge is 0.326 e. The predicted molar refractivity (Wildman–Crippen MR) is 105 cm³/mol. The van der Waals surface area contributed by atoms with Gasteiger partial charge in [0.2, 0.25) is 15.9 Å². The molecule has 1 saturated heterocycles. The highest BCUT2D eigenvalue weighted by molar-refractivity contribution is 7.89. The molecule has 0 unspecified atom stereocenters. The SMILES string of the molecule is CC(=O)Nc1ccc(S(=O)(=O)N2CCN(C[C@@H]3C[C@@H]4C=C[C@@H]3C4)CC2)cc1. The summed E-state index contributed by atoms with van der Waals surface area (Å²) in [5.74, 6) is 2.08. The third-order valence-corrected chi connectivity index (χ3v) is 7.97. The first-order valence-corrected chi connectivity index (χ1v) is 11.1. The first-order chi connectivity index (χ1) is 12.9. The minimum absolute atomic E-state index is 0.173. The van der Waals surface area contributed by atoms with Gasteiger partial charge < -0.3 is 10.2 Å². The van der Waals surface area contributed by atoms with E-state index in [2.05, 4.69) is 22.4 Å². The van der Waals surface area contributed by atoms with Gasteiger partial charge in [-0.15, -0.1) is 0 Å². The predicted octanol–water partition coefficient (Wildman–Crippen LogP) is 2.16. The number of fused-ring (bicyclic) bond motifs is 2. The highest BCUT2D eigenvalue weighted by Gasteiger charge is 2.37. The van der Waals surface area contributed by atoms with Gasteiger partial charge in [-0.3, -0.25) is 4.79 Å². The number of nitrogens with one attached hydrogen (secondary N) is 1. The summed E-state index contributed by atoms with van der Waals surface area (Å²) in [6.45, 7) is 5.17. The molecule has 6 nitrogen and oxygen atoms in total. The number of carbonyl (C=O) groups excluding carboxylic acids is 1. The van der Waals surface area contributed by atoms with Crippen molar-refractivity contribution in [1.82, 2.24) is 9.21 Å². The van der Waals surface area contributed by atoms with Crippen molar-refractivity contribution in [2.45, 2.75) is 24.7 Å². The van der Waals surface area contributed by atoms with E-state index in [1.165, 1.54) is 19.8 Å². The maximum Gasteiger partial charge on any atom is 0.243 e. The fraction of sp³-hybridized carbons (Fsp3) is 0.550. The van der Waals surface area contributed by atoms with Crippen LogP contribution in [-0.2, 0) is 14.8 Å². The van der Waals surface area contributed by atoms with Crippen molar-refractivity contribution in [2.24, 2.45) is 17.8 Å². The first kappa shape index (κ1) is 18.7. The van der Waals surface area contributed by atoms with Crippen molar-refractivity contribution in [1.29, 1.82) is 0 Å². The molecule has 1 aromatic rings. The lowest BCUT2D eigenvalue weighted by molar-refractivity contribution is -0.114. The number of sulfonamides is 1. The fourth-order valence-corrected chi connectivity index (χ4v) is 6.07. The Morgan fingerprint density at radius 1 is 1.07 bits per heavy atom. The van der Waals surface area contributed by atoms with Crippen LogP contribution in [0.25, 0.3) is 0 Å². The molecule has 4 rings (SSSR count). The second-order valence-electron chi connectivity index (χ2n) is 7.95. The molecular formula is C20H27N3O3S. The lowest BCUT2D eigenvalue weighted by Crippen LogP contribution is -2.49. The molecule has 1 N–H and O–H groups in total. The van der Waals surface area contributed by atoms with E-state index in [1.807, 2.05) is 0 Å². The summed E-state index contributed by atoms with van der Waals surface area (Å²) in [7, 11) is -3.48. The van der Waals surface area contributed by atoms with Crippen LogP contribution in [0.2, 0.25) is 0 Å². The Hall–Kier alpha value is -1.70. The molecule has 0 radical (unpaired) electrons. The van der Waals surface area contributed by atoms with Crippen LogP contribution in [0.5, 0.6) is 0 Å². The van der Waals surface area contributed by atoms with Gasteiger partial charge in [0.25, 0.3) is 0 Å². The third-order valence-electron chi connectivity index (χ3n) is 6.05. The van der Waals surface area contributed by atoms with E-state index >= 15 is 0 Å². The van der Waals surface area contributed by atoms with Gasteiger partial charge in [-0.1, -0.05) is 12.2 Å². The average molecular weight is 390 g/mol. The van der Waals surface area contributed by atoms with E-state index in [0.717, 1.165) is 37.4 Å². The van der Waals surface area contributed by atoms with Crippen molar-refractivity contribution in [3.8, 4) is 0 Å². The van der Waals surface area contributed by atoms with E-state index in [9.17, 15) is 13.2 Å². The number of nitrogens with zero attached hydrogens (tertiary/aromatic N) is 2. The zero-order valence-corrected chi connectivity index (χ0v) is 16.5. The highest BCUT2D eigenvalue weighted by Crippen LogP contribution is 2.43. The number of carbonyl (C=O) groups is 1.